The van der Waals surface area contributed by atoms with Gasteiger partial charge in [-0.15, -0.1) is 0 Å². The molecular formula is C27H29NO3. The van der Waals surface area contributed by atoms with Crippen LogP contribution in [0.5, 0.6) is 5.75 Å². The van der Waals surface area contributed by atoms with E-state index in [1.54, 1.807) is 0 Å². The molecule has 1 N–H and O–H groups in total. The topological polar surface area (TPSA) is 49.8 Å². The fourth-order valence-electron chi connectivity index (χ4n) is 4.00. The standard InChI is InChI=1S/C27H29NO3/c29-27(30)14-11-21-9-12-26(13-10-21)31-20-23-7-5-22(6-8-23)15-17-28-18-16-24-3-1-2-4-25(24)19-28/h1-10,12-13H,11,14-20H2,(H,29,30). The molecule has 4 rings (SSSR count). The molecule has 0 amide bonds. The first-order chi connectivity index (χ1) is 15.2. The van der Waals surface area contributed by atoms with Crippen molar-refractivity contribution in [3.63, 3.8) is 0 Å². The third-order valence-electron chi connectivity index (χ3n) is 5.91. The summed E-state index contributed by atoms with van der Waals surface area (Å²) in [6.45, 7) is 3.80. The van der Waals surface area contributed by atoms with Gasteiger partial charge in [0.1, 0.15) is 12.4 Å². The first-order valence-corrected chi connectivity index (χ1v) is 11.0. The molecule has 1 heterocycles. The molecule has 160 valence electrons. The molecule has 3 aromatic rings. The van der Waals surface area contributed by atoms with Crippen LogP contribution in [0.2, 0.25) is 0 Å². The van der Waals surface area contributed by atoms with E-state index in [2.05, 4.69) is 53.4 Å². The fourth-order valence-corrected chi connectivity index (χ4v) is 4.00. The van der Waals surface area contributed by atoms with Crippen LogP contribution in [0.4, 0.5) is 0 Å². The van der Waals surface area contributed by atoms with Crippen LogP contribution >= 0.6 is 0 Å². The minimum absolute atomic E-state index is 0.150. The van der Waals surface area contributed by atoms with Crippen molar-refractivity contribution in [1.82, 2.24) is 4.90 Å². The van der Waals surface area contributed by atoms with Crippen LogP contribution in [0.3, 0.4) is 0 Å². The van der Waals surface area contributed by atoms with Crippen molar-refractivity contribution in [2.45, 2.75) is 38.8 Å². The van der Waals surface area contributed by atoms with Gasteiger partial charge in [0.05, 0.1) is 0 Å². The number of hydrogen-bond acceptors (Lipinski definition) is 3. The number of rotatable bonds is 9. The van der Waals surface area contributed by atoms with Crippen LogP contribution in [0.25, 0.3) is 0 Å². The molecule has 0 aromatic heterocycles. The van der Waals surface area contributed by atoms with Crippen molar-refractivity contribution in [3.8, 4) is 5.75 Å². The van der Waals surface area contributed by atoms with Crippen LogP contribution in [0.1, 0.15) is 34.2 Å². The number of carbonyl (C=O) groups is 1. The van der Waals surface area contributed by atoms with E-state index in [1.165, 1.54) is 16.7 Å². The second-order valence-electron chi connectivity index (χ2n) is 8.19. The highest BCUT2D eigenvalue weighted by Gasteiger charge is 2.15. The smallest absolute Gasteiger partial charge is 0.303 e. The number of benzene rings is 3. The van der Waals surface area contributed by atoms with Crippen LogP contribution in [0.15, 0.2) is 72.8 Å². The van der Waals surface area contributed by atoms with Crippen LogP contribution in [-0.4, -0.2) is 29.1 Å². The highest BCUT2D eigenvalue weighted by molar-refractivity contribution is 5.67. The monoisotopic (exact) mass is 415 g/mol. The van der Waals surface area contributed by atoms with Crippen molar-refractivity contribution >= 4 is 5.97 Å². The highest BCUT2D eigenvalue weighted by atomic mass is 16.5. The zero-order chi connectivity index (χ0) is 21.5. The lowest BCUT2D eigenvalue weighted by atomic mass is 9.99. The Labute approximate surface area is 184 Å². The van der Waals surface area contributed by atoms with E-state index in [4.69, 9.17) is 9.84 Å². The van der Waals surface area contributed by atoms with Crippen molar-refractivity contribution in [3.05, 3.63) is 101 Å². The molecule has 0 saturated carbocycles. The Morgan fingerprint density at radius 3 is 2.23 bits per heavy atom. The molecular weight excluding hydrogens is 386 g/mol. The van der Waals surface area contributed by atoms with Gasteiger partial charge in [-0.2, -0.15) is 0 Å². The molecule has 1 aliphatic rings. The normalized spacial score (nSPS) is 13.5. The summed E-state index contributed by atoms with van der Waals surface area (Å²) in [6, 6.07) is 25.1. The predicted molar refractivity (Wildman–Crippen MR) is 122 cm³/mol. The van der Waals surface area contributed by atoms with Gasteiger partial charge < -0.3 is 9.84 Å². The molecule has 31 heavy (non-hydrogen) atoms. The van der Waals surface area contributed by atoms with Crippen LogP contribution < -0.4 is 4.74 Å². The summed E-state index contributed by atoms with van der Waals surface area (Å²) < 4.78 is 5.88. The Hall–Kier alpha value is -3.11. The molecule has 0 spiro atoms. The number of hydrogen-bond donors (Lipinski definition) is 1. The highest BCUT2D eigenvalue weighted by Crippen LogP contribution is 2.19. The third kappa shape index (κ3) is 6.19. The van der Waals surface area contributed by atoms with Gasteiger partial charge in [0.25, 0.3) is 0 Å². The number of nitrogens with zero attached hydrogens (tertiary/aromatic N) is 1. The third-order valence-corrected chi connectivity index (χ3v) is 5.91. The average molecular weight is 416 g/mol. The van der Waals surface area contributed by atoms with Gasteiger partial charge in [-0.3, -0.25) is 9.69 Å². The quantitative estimate of drug-likeness (QED) is 0.541. The Kier molecular flexibility index (Phi) is 7.00. The second kappa shape index (κ2) is 10.3. The first kappa shape index (κ1) is 21.1. The molecule has 0 atom stereocenters. The minimum atomic E-state index is -0.773. The lowest BCUT2D eigenvalue weighted by Crippen LogP contribution is -2.32. The molecule has 1 aliphatic heterocycles. The van der Waals surface area contributed by atoms with E-state index in [-0.39, 0.29) is 6.42 Å². The Morgan fingerprint density at radius 2 is 1.48 bits per heavy atom. The molecule has 0 radical (unpaired) electrons. The van der Waals surface area contributed by atoms with Gasteiger partial charge >= 0.3 is 5.97 Å². The van der Waals surface area contributed by atoms with E-state index >= 15 is 0 Å². The van der Waals surface area contributed by atoms with E-state index in [1.807, 2.05) is 24.3 Å². The summed E-state index contributed by atoms with van der Waals surface area (Å²) in [7, 11) is 0. The molecule has 4 nitrogen and oxygen atoms in total. The summed E-state index contributed by atoms with van der Waals surface area (Å²) in [4.78, 5) is 13.2. The molecule has 3 aromatic carbocycles. The van der Waals surface area contributed by atoms with Crippen molar-refractivity contribution < 1.29 is 14.6 Å². The lowest BCUT2D eigenvalue weighted by molar-refractivity contribution is -0.136. The number of fused-ring (bicyclic) bond motifs is 1. The van der Waals surface area contributed by atoms with E-state index in [0.29, 0.717) is 13.0 Å². The van der Waals surface area contributed by atoms with Gasteiger partial charge in [-0.25, -0.2) is 0 Å². The molecule has 0 unspecified atom stereocenters. The number of carboxylic acid groups (broad SMARTS) is 1. The van der Waals surface area contributed by atoms with Gasteiger partial charge in [-0.05, 0) is 59.2 Å². The summed E-state index contributed by atoms with van der Waals surface area (Å²) in [6.07, 6.45) is 2.90. The zero-order valence-corrected chi connectivity index (χ0v) is 17.8. The summed E-state index contributed by atoms with van der Waals surface area (Å²) >= 11 is 0. The molecule has 0 bridgehead atoms. The maximum Gasteiger partial charge on any atom is 0.303 e. The molecule has 0 fully saturated rings. The van der Waals surface area contributed by atoms with E-state index in [0.717, 1.165) is 49.4 Å². The largest absolute Gasteiger partial charge is 0.489 e. The van der Waals surface area contributed by atoms with E-state index < -0.39 is 5.97 Å². The minimum Gasteiger partial charge on any atom is -0.489 e. The number of carboxylic acids is 1. The zero-order valence-electron chi connectivity index (χ0n) is 17.8. The van der Waals surface area contributed by atoms with Crippen molar-refractivity contribution in [2.75, 3.05) is 13.1 Å². The molecule has 0 aliphatic carbocycles. The molecule has 0 saturated heterocycles. The Morgan fingerprint density at radius 1 is 0.839 bits per heavy atom. The Bertz CT molecular complexity index is 996. The van der Waals surface area contributed by atoms with Crippen LogP contribution in [-0.2, 0) is 37.2 Å². The number of aryl methyl sites for hydroxylation is 1. The van der Waals surface area contributed by atoms with Crippen molar-refractivity contribution in [2.24, 2.45) is 0 Å². The average Bonchev–Trinajstić information content (AvgIpc) is 2.81. The van der Waals surface area contributed by atoms with Crippen LogP contribution in [0, 0.1) is 0 Å². The summed E-state index contributed by atoms with van der Waals surface area (Å²) in [5, 5.41) is 8.77. The lowest BCUT2D eigenvalue weighted by Gasteiger charge is -2.28. The summed E-state index contributed by atoms with van der Waals surface area (Å²) in [5.74, 6) is 0.0264. The van der Waals surface area contributed by atoms with Crippen molar-refractivity contribution in [1.29, 1.82) is 0 Å². The fraction of sp³-hybridized carbons (Fsp3) is 0.296. The predicted octanol–water partition coefficient (Wildman–Crippen LogP) is 4.88. The number of aliphatic carboxylic acids is 1. The first-order valence-electron chi connectivity index (χ1n) is 11.0. The van der Waals surface area contributed by atoms with Gasteiger partial charge in [0.2, 0.25) is 0 Å². The second-order valence-corrected chi connectivity index (χ2v) is 8.19. The maximum atomic E-state index is 10.7. The SMILES string of the molecule is O=C(O)CCc1ccc(OCc2ccc(CCN3CCc4ccccc4C3)cc2)cc1. The maximum absolute atomic E-state index is 10.7. The Balaban J connectivity index is 1.22. The van der Waals surface area contributed by atoms with Gasteiger partial charge in [0.15, 0.2) is 0 Å². The van der Waals surface area contributed by atoms with E-state index in [9.17, 15) is 4.79 Å². The van der Waals surface area contributed by atoms with Gasteiger partial charge in [0, 0.05) is 26.1 Å². The number of ether oxygens (including phenoxy) is 1. The summed E-state index contributed by atoms with van der Waals surface area (Å²) in [5.41, 5.74) is 6.47. The van der Waals surface area contributed by atoms with Gasteiger partial charge in [-0.1, -0.05) is 60.7 Å². The molecule has 4 heteroatoms.